The molecule has 0 aromatic carbocycles. The molecule has 0 unspecified atom stereocenters. The van der Waals surface area contributed by atoms with Crippen molar-refractivity contribution in [2.24, 2.45) is 5.73 Å². The fourth-order valence-corrected chi connectivity index (χ4v) is 1.49. The quantitative estimate of drug-likeness (QED) is 0.569. The highest BCUT2D eigenvalue weighted by molar-refractivity contribution is 5.86. The molecule has 0 atom stereocenters. The number of amides is 1. The molecule has 70 valence electrons. The molecule has 4 nitrogen and oxygen atoms in total. The van der Waals surface area contributed by atoms with Gasteiger partial charge in [-0.1, -0.05) is 0 Å². The van der Waals surface area contributed by atoms with E-state index in [9.17, 15) is 4.79 Å². The van der Waals surface area contributed by atoms with Crippen molar-refractivity contribution in [3.05, 3.63) is 0 Å². The van der Waals surface area contributed by atoms with E-state index in [4.69, 9.17) is 5.73 Å². The second kappa shape index (κ2) is 3.41. The molecule has 3 N–H and O–H groups in total. The zero-order valence-electron chi connectivity index (χ0n) is 7.76. The highest BCUT2D eigenvalue weighted by atomic mass is 16.2. The van der Waals surface area contributed by atoms with E-state index in [0.717, 1.165) is 19.6 Å². The molecule has 1 aliphatic heterocycles. The molecule has 0 bridgehead atoms. The van der Waals surface area contributed by atoms with Crippen LogP contribution in [0.4, 0.5) is 0 Å². The van der Waals surface area contributed by atoms with E-state index in [2.05, 4.69) is 10.2 Å². The van der Waals surface area contributed by atoms with Gasteiger partial charge in [0.1, 0.15) is 0 Å². The molecule has 0 radical (unpaired) electrons. The van der Waals surface area contributed by atoms with Crippen molar-refractivity contribution in [1.82, 2.24) is 10.2 Å². The van der Waals surface area contributed by atoms with Crippen LogP contribution in [0.1, 0.15) is 13.8 Å². The highest BCUT2D eigenvalue weighted by Crippen LogP contribution is 2.16. The third kappa shape index (κ3) is 1.59. The number of carbonyl (C=O) groups excluding carboxylic acids is 1. The summed E-state index contributed by atoms with van der Waals surface area (Å²) in [5, 5.41) is 2.84. The molecular weight excluding hydrogens is 154 g/mol. The van der Waals surface area contributed by atoms with Crippen LogP contribution in [0.3, 0.4) is 0 Å². The van der Waals surface area contributed by atoms with Crippen molar-refractivity contribution in [2.45, 2.75) is 19.4 Å². The summed E-state index contributed by atoms with van der Waals surface area (Å²) in [6.45, 7) is 6.89. The molecule has 0 aliphatic carbocycles. The number of hydrogen-bond donors (Lipinski definition) is 2. The summed E-state index contributed by atoms with van der Waals surface area (Å²) in [6.07, 6.45) is 0. The van der Waals surface area contributed by atoms with Gasteiger partial charge in [-0.2, -0.15) is 0 Å². The largest absolute Gasteiger partial charge is 0.353 e. The first kappa shape index (κ1) is 9.48. The van der Waals surface area contributed by atoms with Crippen LogP contribution in [0.5, 0.6) is 0 Å². The summed E-state index contributed by atoms with van der Waals surface area (Å²) in [6, 6.07) is 0. The van der Waals surface area contributed by atoms with Crippen LogP contribution in [-0.2, 0) is 4.79 Å². The van der Waals surface area contributed by atoms with E-state index in [1.165, 1.54) is 0 Å². The van der Waals surface area contributed by atoms with Gasteiger partial charge in [-0.25, -0.2) is 0 Å². The van der Waals surface area contributed by atoms with Crippen LogP contribution in [0.25, 0.3) is 0 Å². The molecule has 0 saturated carbocycles. The molecule has 1 rings (SSSR count). The molecule has 1 aliphatic rings. The molecule has 1 amide bonds. The van der Waals surface area contributed by atoms with Crippen LogP contribution in [0, 0.1) is 0 Å². The first-order chi connectivity index (χ1) is 5.59. The smallest absolute Gasteiger partial charge is 0.239 e. The number of hydrogen-bond acceptors (Lipinski definition) is 3. The van der Waals surface area contributed by atoms with E-state index in [1.54, 1.807) is 0 Å². The molecule has 4 heteroatoms. The highest BCUT2D eigenvalue weighted by Gasteiger charge is 2.36. The van der Waals surface area contributed by atoms with Crippen molar-refractivity contribution in [3.63, 3.8) is 0 Å². The van der Waals surface area contributed by atoms with E-state index in [0.29, 0.717) is 6.54 Å². The standard InChI is InChI=1S/C8H17N3O/c1-8(2)7(12)10-4-6-11(8)5-3-9/h3-6,9H2,1-2H3,(H,10,12). The normalized spacial score (nSPS) is 23.8. The lowest BCUT2D eigenvalue weighted by Gasteiger charge is -2.40. The average Bonchev–Trinajstić information content (AvgIpc) is 2.00. The zero-order chi connectivity index (χ0) is 9.19. The maximum absolute atomic E-state index is 11.4. The van der Waals surface area contributed by atoms with E-state index in [1.807, 2.05) is 13.8 Å². The van der Waals surface area contributed by atoms with Crippen molar-refractivity contribution in [2.75, 3.05) is 26.2 Å². The van der Waals surface area contributed by atoms with Crippen molar-refractivity contribution >= 4 is 5.91 Å². The van der Waals surface area contributed by atoms with Gasteiger partial charge in [0.05, 0.1) is 5.54 Å². The van der Waals surface area contributed by atoms with E-state index in [-0.39, 0.29) is 5.91 Å². The molecule has 1 heterocycles. The number of piperazine rings is 1. The van der Waals surface area contributed by atoms with Gasteiger partial charge in [0, 0.05) is 26.2 Å². The van der Waals surface area contributed by atoms with Gasteiger partial charge in [-0.05, 0) is 13.8 Å². The van der Waals surface area contributed by atoms with E-state index >= 15 is 0 Å². The number of rotatable bonds is 2. The van der Waals surface area contributed by atoms with Gasteiger partial charge in [0.2, 0.25) is 5.91 Å². The summed E-state index contributed by atoms with van der Waals surface area (Å²) in [4.78, 5) is 13.5. The number of nitrogens with one attached hydrogen (secondary N) is 1. The molecule has 1 saturated heterocycles. The summed E-state index contributed by atoms with van der Waals surface area (Å²) in [7, 11) is 0. The maximum atomic E-state index is 11.4. The monoisotopic (exact) mass is 171 g/mol. The number of nitrogens with zero attached hydrogens (tertiary/aromatic N) is 1. The Morgan fingerprint density at radius 2 is 2.33 bits per heavy atom. The molecule has 1 fully saturated rings. The summed E-state index contributed by atoms with van der Waals surface area (Å²) < 4.78 is 0. The molecular formula is C8H17N3O. The number of nitrogens with two attached hydrogens (primary N) is 1. The first-order valence-corrected chi connectivity index (χ1v) is 4.32. The van der Waals surface area contributed by atoms with Gasteiger partial charge >= 0.3 is 0 Å². The predicted molar refractivity (Wildman–Crippen MR) is 47.7 cm³/mol. The van der Waals surface area contributed by atoms with Gasteiger partial charge in [-0.3, -0.25) is 9.69 Å². The summed E-state index contributed by atoms with van der Waals surface area (Å²) in [5.41, 5.74) is 5.06. The fourth-order valence-electron chi connectivity index (χ4n) is 1.49. The van der Waals surface area contributed by atoms with Crippen molar-refractivity contribution in [3.8, 4) is 0 Å². The minimum Gasteiger partial charge on any atom is -0.353 e. The minimum absolute atomic E-state index is 0.0993. The Labute approximate surface area is 73.1 Å². The van der Waals surface area contributed by atoms with Crippen LogP contribution in [0.15, 0.2) is 0 Å². The van der Waals surface area contributed by atoms with Crippen molar-refractivity contribution in [1.29, 1.82) is 0 Å². The number of carbonyl (C=O) groups is 1. The van der Waals surface area contributed by atoms with Gasteiger partial charge in [0.25, 0.3) is 0 Å². The van der Waals surface area contributed by atoms with Gasteiger partial charge < -0.3 is 11.1 Å². The SMILES string of the molecule is CC1(C)C(=O)NCCN1CCN. The van der Waals surface area contributed by atoms with Crippen LogP contribution < -0.4 is 11.1 Å². The predicted octanol–water partition coefficient (Wildman–Crippen LogP) is -0.844. The zero-order valence-corrected chi connectivity index (χ0v) is 7.76. The average molecular weight is 171 g/mol. The topological polar surface area (TPSA) is 58.4 Å². The Balaban J connectivity index is 2.65. The third-order valence-corrected chi connectivity index (χ3v) is 2.41. The Kier molecular flexibility index (Phi) is 2.69. The Morgan fingerprint density at radius 1 is 1.67 bits per heavy atom. The second-order valence-corrected chi connectivity index (χ2v) is 3.59. The molecule has 12 heavy (non-hydrogen) atoms. The van der Waals surface area contributed by atoms with E-state index < -0.39 is 5.54 Å². The lowest BCUT2D eigenvalue weighted by atomic mass is 9.99. The summed E-state index contributed by atoms with van der Waals surface area (Å²) >= 11 is 0. The Morgan fingerprint density at radius 3 is 2.92 bits per heavy atom. The molecule has 0 aromatic rings. The Hall–Kier alpha value is -0.610. The molecule has 0 aromatic heterocycles. The van der Waals surface area contributed by atoms with Gasteiger partial charge in [-0.15, -0.1) is 0 Å². The fraction of sp³-hybridized carbons (Fsp3) is 0.875. The molecule has 0 spiro atoms. The minimum atomic E-state index is -0.391. The summed E-state index contributed by atoms with van der Waals surface area (Å²) in [5.74, 6) is 0.0993. The van der Waals surface area contributed by atoms with Crippen molar-refractivity contribution < 1.29 is 4.79 Å². The third-order valence-electron chi connectivity index (χ3n) is 2.41. The van der Waals surface area contributed by atoms with Crippen LogP contribution in [-0.4, -0.2) is 42.5 Å². The first-order valence-electron chi connectivity index (χ1n) is 4.32. The Bertz CT molecular complexity index is 177. The van der Waals surface area contributed by atoms with Gasteiger partial charge in [0.15, 0.2) is 0 Å². The second-order valence-electron chi connectivity index (χ2n) is 3.59. The maximum Gasteiger partial charge on any atom is 0.239 e. The van der Waals surface area contributed by atoms with Crippen LogP contribution >= 0.6 is 0 Å². The lowest BCUT2D eigenvalue weighted by molar-refractivity contribution is -0.134. The van der Waals surface area contributed by atoms with Crippen LogP contribution in [0.2, 0.25) is 0 Å². The lowest BCUT2D eigenvalue weighted by Crippen LogP contribution is -2.62.